The summed E-state index contributed by atoms with van der Waals surface area (Å²) in [6.45, 7) is 9.08. The fraction of sp³-hybridized carbons (Fsp3) is 0.800. The average Bonchev–Trinajstić information content (AvgIpc) is 2.75. The summed E-state index contributed by atoms with van der Waals surface area (Å²) in [7, 11) is 4.28. The van der Waals surface area contributed by atoms with Crippen LogP contribution in [0.5, 0.6) is 0 Å². The van der Waals surface area contributed by atoms with Gasteiger partial charge in [-0.05, 0) is 45.4 Å². The van der Waals surface area contributed by atoms with Crippen molar-refractivity contribution in [3.05, 3.63) is 18.2 Å². The molecule has 1 aliphatic heterocycles. The maximum Gasteiger partial charge on any atom is 0.0948 e. The van der Waals surface area contributed by atoms with Crippen molar-refractivity contribution < 1.29 is 0 Å². The minimum absolute atomic E-state index is 0.270. The van der Waals surface area contributed by atoms with Crippen LogP contribution in [-0.2, 0) is 6.54 Å². The average molecular weight is 264 g/mol. The molecule has 0 spiro atoms. The molecule has 0 aliphatic carbocycles. The van der Waals surface area contributed by atoms with E-state index >= 15 is 0 Å². The Balaban J connectivity index is 2.06. The van der Waals surface area contributed by atoms with Gasteiger partial charge in [0.1, 0.15) is 0 Å². The molecule has 1 saturated heterocycles. The van der Waals surface area contributed by atoms with E-state index in [0.29, 0.717) is 5.92 Å². The number of aromatic nitrogens is 2. The number of hydrogen-bond acceptors (Lipinski definition) is 3. The summed E-state index contributed by atoms with van der Waals surface area (Å²) in [6.07, 6.45) is 6.55. The second kappa shape index (κ2) is 6.06. The molecule has 4 heteroatoms. The van der Waals surface area contributed by atoms with E-state index in [1.165, 1.54) is 18.5 Å². The van der Waals surface area contributed by atoms with Crippen LogP contribution in [0.1, 0.15) is 38.3 Å². The van der Waals surface area contributed by atoms with Gasteiger partial charge in [0.15, 0.2) is 0 Å². The standard InChI is InChI=1S/C15H28N4/c1-15(2,10-18(3)4)11-19-12-17-9-14(19)13-5-7-16-8-6-13/h9,12-13,16H,5-8,10-11H2,1-4H3. The number of hydrogen-bond donors (Lipinski definition) is 1. The van der Waals surface area contributed by atoms with E-state index in [0.717, 1.165) is 26.2 Å². The second-order valence-corrected chi connectivity index (χ2v) is 6.87. The van der Waals surface area contributed by atoms with Crippen molar-refractivity contribution in [2.75, 3.05) is 33.7 Å². The van der Waals surface area contributed by atoms with Crippen molar-refractivity contribution in [1.82, 2.24) is 19.8 Å². The third-order valence-electron chi connectivity index (χ3n) is 3.84. The predicted molar refractivity (Wildman–Crippen MR) is 79.4 cm³/mol. The Morgan fingerprint density at radius 1 is 1.37 bits per heavy atom. The highest BCUT2D eigenvalue weighted by molar-refractivity contribution is 5.08. The predicted octanol–water partition coefficient (Wildman–Crippen LogP) is 1.94. The molecular formula is C15H28N4. The molecule has 0 radical (unpaired) electrons. The number of rotatable bonds is 5. The SMILES string of the molecule is CN(C)CC(C)(C)Cn1cncc1C1CCNCC1. The summed E-state index contributed by atoms with van der Waals surface area (Å²) in [5, 5.41) is 3.43. The molecule has 2 rings (SSSR count). The van der Waals surface area contributed by atoms with Gasteiger partial charge in [-0.1, -0.05) is 13.8 Å². The third kappa shape index (κ3) is 4.05. The lowest BCUT2D eigenvalue weighted by atomic mass is 9.91. The minimum Gasteiger partial charge on any atom is -0.334 e. The Bertz CT molecular complexity index is 389. The summed E-state index contributed by atoms with van der Waals surface area (Å²) in [4.78, 5) is 6.65. The van der Waals surface area contributed by atoms with E-state index in [4.69, 9.17) is 0 Å². The summed E-state index contributed by atoms with van der Waals surface area (Å²) in [5.74, 6) is 0.680. The highest BCUT2D eigenvalue weighted by atomic mass is 15.1. The number of nitrogens with zero attached hydrogens (tertiary/aromatic N) is 3. The van der Waals surface area contributed by atoms with Crippen LogP contribution >= 0.6 is 0 Å². The quantitative estimate of drug-likeness (QED) is 0.882. The van der Waals surface area contributed by atoms with Gasteiger partial charge in [0.25, 0.3) is 0 Å². The molecule has 0 aromatic carbocycles. The Kier molecular flexibility index (Phi) is 4.63. The van der Waals surface area contributed by atoms with Crippen molar-refractivity contribution in [2.45, 2.75) is 39.2 Å². The maximum absolute atomic E-state index is 4.39. The zero-order valence-corrected chi connectivity index (χ0v) is 12.8. The fourth-order valence-electron chi connectivity index (χ4n) is 3.29. The summed E-state index contributed by atoms with van der Waals surface area (Å²) in [5.41, 5.74) is 1.69. The zero-order valence-electron chi connectivity index (χ0n) is 12.8. The van der Waals surface area contributed by atoms with Gasteiger partial charge in [-0.3, -0.25) is 0 Å². The largest absolute Gasteiger partial charge is 0.334 e. The van der Waals surface area contributed by atoms with Crippen molar-refractivity contribution in [1.29, 1.82) is 0 Å². The number of imidazole rings is 1. The van der Waals surface area contributed by atoms with Gasteiger partial charge in [-0.25, -0.2) is 4.98 Å². The molecule has 4 nitrogen and oxygen atoms in total. The van der Waals surface area contributed by atoms with Crippen LogP contribution in [0.25, 0.3) is 0 Å². The van der Waals surface area contributed by atoms with Gasteiger partial charge >= 0.3 is 0 Å². The molecule has 1 aromatic rings. The van der Waals surface area contributed by atoms with Crippen molar-refractivity contribution in [3.8, 4) is 0 Å². The van der Waals surface area contributed by atoms with E-state index in [1.54, 1.807) is 0 Å². The molecule has 1 aromatic heterocycles. The summed E-state index contributed by atoms with van der Waals surface area (Å²) in [6, 6.07) is 0. The molecule has 1 fully saturated rings. The van der Waals surface area contributed by atoms with Crippen LogP contribution in [0.2, 0.25) is 0 Å². The molecule has 0 amide bonds. The van der Waals surface area contributed by atoms with Crippen LogP contribution in [0, 0.1) is 5.41 Å². The van der Waals surface area contributed by atoms with Crippen molar-refractivity contribution >= 4 is 0 Å². The zero-order chi connectivity index (χ0) is 13.9. The number of piperidine rings is 1. The Morgan fingerprint density at radius 2 is 2.05 bits per heavy atom. The van der Waals surface area contributed by atoms with E-state index in [9.17, 15) is 0 Å². The second-order valence-electron chi connectivity index (χ2n) is 6.87. The van der Waals surface area contributed by atoms with E-state index in [1.807, 2.05) is 6.33 Å². The van der Waals surface area contributed by atoms with Crippen LogP contribution < -0.4 is 5.32 Å². The first kappa shape index (κ1) is 14.5. The molecule has 1 N–H and O–H groups in total. The highest BCUT2D eigenvalue weighted by Crippen LogP contribution is 2.27. The molecule has 108 valence electrons. The van der Waals surface area contributed by atoms with Gasteiger partial charge in [-0.2, -0.15) is 0 Å². The first-order valence-corrected chi connectivity index (χ1v) is 7.33. The lowest BCUT2D eigenvalue weighted by Gasteiger charge is -2.31. The molecule has 0 atom stereocenters. The van der Waals surface area contributed by atoms with Gasteiger partial charge in [0.2, 0.25) is 0 Å². The van der Waals surface area contributed by atoms with Crippen molar-refractivity contribution in [2.24, 2.45) is 5.41 Å². The molecule has 0 unspecified atom stereocenters. The monoisotopic (exact) mass is 264 g/mol. The molecule has 0 bridgehead atoms. The van der Waals surface area contributed by atoms with Crippen molar-refractivity contribution in [3.63, 3.8) is 0 Å². The summed E-state index contributed by atoms with van der Waals surface area (Å²) < 4.78 is 2.37. The Hall–Kier alpha value is -0.870. The van der Waals surface area contributed by atoms with Crippen LogP contribution in [0.15, 0.2) is 12.5 Å². The molecule has 1 aliphatic rings. The van der Waals surface area contributed by atoms with Gasteiger partial charge in [-0.15, -0.1) is 0 Å². The highest BCUT2D eigenvalue weighted by Gasteiger charge is 2.24. The molecule has 19 heavy (non-hydrogen) atoms. The first-order chi connectivity index (χ1) is 8.98. The lowest BCUT2D eigenvalue weighted by Crippen LogP contribution is -2.33. The summed E-state index contributed by atoms with van der Waals surface area (Å²) >= 11 is 0. The molecular weight excluding hydrogens is 236 g/mol. The van der Waals surface area contributed by atoms with Gasteiger partial charge < -0.3 is 14.8 Å². The van der Waals surface area contributed by atoms with Gasteiger partial charge in [0.05, 0.1) is 6.33 Å². The maximum atomic E-state index is 4.39. The third-order valence-corrected chi connectivity index (χ3v) is 3.84. The normalized spacial score (nSPS) is 18.2. The smallest absolute Gasteiger partial charge is 0.0948 e. The van der Waals surface area contributed by atoms with E-state index in [2.05, 4.69) is 53.9 Å². The van der Waals surface area contributed by atoms with Crippen LogP contribution in [0.4, 0.5) is 0 Å². The molecule has 2 heterocycles. The van der Waals surface area contributed by atoms with E-state index in [-0.39, 0.29) is 5.41 Å². The fourth-order valence-corrected chi connectivity index (χ4v) is 3.29. The molecule has 0 saturated carbocycles. The Labute approximate surface area is 117 Å². The van der Waals surface area contributed by atoms with Crippen LogP contribution in [-0.4, -0.2) is 48.2 Å². The van der Waals surface area contributed by atoms with Crippen LogP contribution in [0.3, 0.4) is 0 Å². The lowest BCUT2D eigenvalue weighted by molar-refractivity contribution is 0.208. The minimum atomic E-state index is 0.270. The first-order valence-electron chi connectivity index (χ1n) is 7.33. The topological polar surface area (TPSA) is 33.1 Å². The van der Waals surface area contributed by atoms with Gasteiger partial charge in [0, 0.05) is 30.9 Å². The Morgan fingerprint density at radius 3 is 2.68 bits per heavy atom. The van der Waals surface area contributed by atoms with E-state index < -0.39 is 0 Å². The number of nitrogens with one attached hydrogen (secondary N) is 1.